The zero-order chi connectivity index (χ0) is 9.26. The van der Waals surface area contributed by atoms with E-state index in [0.29, 0.717) is 6.04 Å². The van der Waals surface area contributed by atoms with Crippen molar-refractivity contribution in [1.82, 2.24) is 10.2 Å². The first-order valence-corrected chi connectivity index (χ1v) is 4.86. The van der Waals surface area contributed by atoms with E-state index in [2.05, 4.69) is 35.0 Å². The molecule has 1 aromatic rings. The van der Waals surface area contributed by atoms with Crippen molar-refractivity contribution in [3.63, 3.8) is 0 Å². The molecule has 3 nitrogen and oxygen atoms in total. The second-order valence-corrected chi connectivity index (χ2v) is 3.77. The predicted octanol–water partition coefficient (Wildman–Crippen LogP) is 1.64. The number of nitrogens with zero attached hydrogens (tertiary/aromatic N) is 3. The average molecular weight is 177 g/mol. The molecule has 0 saturated carbocycles. The highest BCUT2D eigenvalue weighted by atomic mass is 15.3. The Kier molecular flexibility index (Phi) is 2.17. The Balaban J connectivity index is 2.37. The van der Waals surface area contributed by atoms with Crippen LogP contribution in [0.4, 0.5) is 5.82 Å². The third-order valence-electron chi connectivity index (χ3n) is 2.52. The van der Waals surface area contributed by atoms with Crippen LogP contribution in [-0.2, 0) is 6.42 Å². The van der Waals surface area contributed by atoms with Gasteiger partial charge in [-0.15, -0.1) is 5.10 Å². The summed E-state index contributed by atoms with van der Waals surface area (Å²) in [5.41, 5.74) is 1.34. The average Bonchev–Trinajstić information content (AvgIpc) is 2.17. The van der Waals surface area contributed by atoms with E-state index in [1.54, 1.807) is 6.20 Å². The molecule has 1 aliphatic rings. The zero-order valence-electron chi connectivity index (χ0n) is 8.20. The van der Waals surface area contributed by atoms with Gasteiger partial charge >= 0.3 is 0 Å². The van der Waals surface area contributed by atoms with Crippen molar-refractivity contribution in [2.24, 2.45) is 0 Å². The highest BCUT2D eigenvalue weighted by Gasteiger charge is 2.19. The summed E-state index contributed by atoms with van der Waals surface area (Å²) in [6.45, 7) is 5.51. The van der Waals surface area contributed by atoms with E-state index < -0.39 is 0 Å². The first kappa shape index (κ1) is 8.48. The lowest BCUT2D eigenvalue weighted by molar-refractivity contribution is 0.609. The maximum Gasteiger partial charge on any atom is 0.154 e. The molecule has 2 rings (SSSR count). The summed E-state index contributed by atoms with van der Waals surface area (Å²) in [6, 6.07) is 2.60. The van der Waals surface area contributed by atoms with Crippen molar-refractivity contribution < 1.29 is 0 Å². The molecule has 2 heterocycles. The third-order valence-corrected chi connectivity index (χ3v) is 2.52. The van der Waals surface area contributed by atoms with E-state index in [1.807, 2.05) is 0 Å². The number of rotatable bonds is 1. The van der Waals surface area contributed by atoms with E-state index in [0.717, 1.165) is 18.8 Å². The number of hydrogen-bond acceptors (Lipinski definition) is 3. The second kappa shape index (κ2) is 3.32. The van der Waals surface area contributed by atoms with Crippen LogP contribution in [-0.4, -0.2) is 22.8 Å². The normalized spacial score (nSPS) is 16.1. The number of hydrogen-bond donors (Lipinski definition) is 0. The topological polar surface area (TPSA) is 29.0 Å². The summed E-state index contributed by atoms with van der Waals surface area (Å²) < 4.78 is 0. The lowest BCUT2D eigenvalue weighted by Gasteiger charge is -2.32. The van der Waals surface area contributed by atoms with Gasteiger partial charge in [0.25, 0.3) is 0 Å². The largest absolute Gasteiger partial charge is 0.352 e. The molecule has 0 spiro atoms. The van der Waals surface area contributed by atoms with E-state index >= 15 is 0 Å². The molecule has 3 heteroatoms. The monoisotopic (exact) mass is 177 g/mol. The Hall–Kier alpha value is -1.12. The smallest absolute Gasteiger partial charge is 0.154 e. The Morgan fingerprint density at radius 1 is 1.46 bits per heavy atom. The van der Waals surface area contributed by atoms with E-state index in [-0.39, 0.29) is 0 Å². The van der Waals surface area contributed by atoms with Crippen LogP contribution in [0.5, 0.6) is 0 Å². The van der Waals surface area contributed by atoms with Gasteiger partial charge in [-0.3, -0.25) is 0 Å². The van der Waals surface area contributed by atoms with Gasteiger partial charge in [-0.1, -0.05) is 0 Å². The summed E-state index contributed by atoms with van der Waals surface area (Å²) in [4.78, 5) is 2.33. The van der Waals surface area contributed by atoms with Gasteiger partial charge in [0, 0.05) is 12.6 Å². The lowest BCUT2D eigenvalue weighted by Crippen LogP contribution is -2.36. The van der Waals surface area contributed by atoms with Crippen LogP contribution in [0.3, 0.4) is 0 Å². The molecule has 0 bridgehead atoms. The molecule has 0 aromatic carbocycles. The Labute approximate surface area is 78.8 Å². The molecule has 0 fully saturated rings. The summed E-state index contributed by atoms with van der Waals surface area (Å²) >= 11 is 0. The SMILES string of the molecule is CC(C)N1CCCc2ccnnc21. The fourth-order valence-corrected chi connectivity index (χ4v) is 1.84. The van der Waals surface area contributed by atoms with Crippen LogP contribution in [0.25, 0.3) is 0 Å². The summed E-state index contributed by atoms with van der Waals surface area (Å²) in [7, 11) is 0. The first-order valence-electron chi connectivity index (χ1n) is 4.86. The fraction of sp³-hybridized carbons (Fsp3) is 0.600. The summed E-state index contributed by atoms with van der Waals surface area (Å²) in [5, 5.41) is 8.14. The molecule has 0 N–H and O–H groups in total. The highest BCUT2D eigenvalue weighted by molar-refractivity contribution is 5.48. The Morgan fingerprint density at radius 2 is 2.31 bits per heavy atom. The van der Waals surface area contributed by atoms with Crippen LogP contribution < -0.4 is 4.90 Å². The molecule has 70 valence electrons. The summed E-state index contributed by atoms with van der Waals surface area (Å²) in [6.07, 6.45) is 4.16. The third kappa shape index (κ3) is 1.50. The molecule has 0 aliphatic carbocycles. The molecule has 0 amide bonds. The van der Waals surface area contributed by atoms with Crippen molar-refractivity contribution >= 4 is 5.82 Å². The molecular formula is C10H15N3. The van der Waals surface area contributed by atoms with Gasteiger partial charge in [-0.25, -0.2) is 0 Å². The van der Waals surface area contributed by atoms with Gasteiger partial charge in [0.15, 0.2) is 5.82 Å². The van der Waals surface area contributed by atoms with Gasteiger partial charge in [-0.2, -0.15) is 5.10 Å². The quantitative estimate of drug-likeness (QED) is 0.653. The molecule has 1 aromatic heterocycles. The molecule has 13 heavy (non-hydrogen) atoms. The second-order valence-electron chi connectivity index (χ2n) is 3.77. The van der Waals surface area contributed by atoms with Gasteiger partial charge in [0.1, 0.15) is 0 Å². The van der Waals surface area contributed by atoms with Gasteiger partial charge < -0.3 is 4.90 Å². The molecule has 0 unspecified atom stereocenters. The van der Waals surface area contributed by atoms with Crippen molar-refractivity contribution in [2.75, 3.05) is 11.4 Å². The number of aryl methyl sites for hydroxylation is 1. The van der Waals surface area contributed by atoms with Crippen LogP contribution in [0, 0.1) is 0 Å². The van der Waals surface area contributed by atoms with Crippen LogP contribution in [0.1, 0.15) is 25.8 Å². The molecular weight excluding hydrogens is 162 g/mol. The van der Waals surface area contributed by atoms with Gasteiger partial charge in [0.2, 0.25) is 0 Å². The van der Waals surface area contributed by atoms with E-state index in [4.69, 9.17) is 0 Å². The van der Waals surface area contributed by atoms with Crippen molar-refractivity contribution in [2.45, 2.75) is 32.7 Å². The van der Waals surface area contributed by atoms with E-state index in [9.17, 15) is 0 Å². The minimum Gasteiger partial charge on any atom is -0.352 e. The molecule has 0 radical (unpaired) electrons. The van der Waals surface area contributed by atoms with Crippen molar-refractivity contribution in [3.8, 4) is 0 Å². The summed E-state index contributed by atoms with van der Waals surface area (Å²) in [5.74, 6) is 1.09. The number of anilines is 1. The van der Waals surface area contributed by atoms with Gasteiger partial charge in [0.05, 0.1) is 6.20 Å². The minimum absolute atomic E-state index is 0.524. The molecule has 0 atom stereocenters. The Bertz CT molecular complexity index is 296. The maximum absolute atomic E-state index is 4.20. The fourth-order valence-electron chi connectivity index (χ4n) is 1.84. The van der Waals surface area contributed by atoms with E-state index in [1.165, 1.54) is 12.0 Å². The zero-order valence-corrected chi connectivity index (χ0v) is 8.20. The number of fused-ring (bicyclic) bond motifs is 1. The van der Waals surface area contributed by atoms with Gasteiger partial charge in [-0.05, 0) is 38.3 Å². The predicted molar refractivity (Wildman–Crippen MR) is 52.8 cm³/mol. The van der Waals surface area contributed by atoms with Crippen molar-refractivity contribution in [3.05, 3.63) is 17.8 Å². The molecule has 1 aliphatic heterocycles. The van der Waals surface area contributed by atoms with Crippen molar-refractivity contribution in [1.29, 1.82) is 0 Å². The highest BCUT2D eigenvalue weighted by Crippen LogP contribution is 2.24. The van der Waals surface area contributed by atoms with Crippen LogP contribution in [0.2, 0.25) is 0 Å². The van der Waals surface area contributed by atoms with Crippen LogP contribution >= 0.6 is 0 Å². The number of aromatic nitrogens is 2. The molecule has 0 saturated heterocycles. The Morgan fingerprint density at radius 3 is 3.08 bits per heavy atom. The maximum atomic E-state index is 4.20. The minimum atomic E-state index is 0.524. The standard InChI is InChI=1S/C10H15N3/c1-8(2)13-7-3-4-9-5-6-11-12-10(9)13/h5-6,8H,3-4,7H2,1-2H3. The lowest BCUT2D eigenvalue weighted by atomic mass is 10.1. The first-order chi connectivity index (χ1) is 6.29. The van der Waals surface area contributed by atoms with Crippen LogP contribution in [0.15, 0.2) is 12.3 Å².